The van der Waals surface area contributed by atoms with Crippen LogP contribution in [-0.2, 0) is 19.6 Å². The molecule has 2 aromatic carbocycles. The number of ether oxygens (including phenoxy) is 1. The van der Waals surface area contributed by atoms with Crippen LogP contribution in [0.1, 0.15) is 49.9 Å². The summed E-state index contributed by atoms with van der Waals surface area (Å²) in [6.45, 7) is 8.37. The fraction of sp³-hybridized carbons (Fsp3) is 0.409. The first-order chi connectivity index (χ1) is 13.9. The van der Waals surface area contributed by atoms with E-state index < -0.39 is 10.0 Å². The van der Waals surface area contributed by atoms with E-state index in [1.807, 2.05) is 51.1 Å². The monoisotopic (exact) mass is 418 g/mol. The number of hydrogen-bond donors (Lipinski definition) is 1. The second kappa shape index (κ2) is 9.89. The number of aryl methyl sites for hydroxylation is 1. The van der Waals surface area contributed by atoms with Crippen LogP contribution in [0, 0.1) is 6.92 Å². The lowest BCUT2D eigenvalue weighted by Gasteiger charge is -2.22. The number of nitrogens with one attached hydrogen (secondary N) is 1. The van der Waals surface area contributed by atoms with Crippen molar-refractivity contribution in [1.29, 1.82) is 0 Å². The fourth-order valence-electron chi connectivity index (χ4n) is 3.34. The van der Waals surface area contributed by atoms with Gasteiger partial charge in [-0.3, -0.25) is 9.10 Å². The molecule has 1 aliphatic rings. The molecule has 0 bridgehead atoms. The van der Waals surface area contributed by atoms with Crippen molar-refractivity contribution >= 4 is 21.7 Å². The van der Waals surface area contributed by atoms with Crippen molar-refractivity contribution < 1.29 is 17.9 Å². The third-order valence-electron chi connectivity index (χ3n) is 4.69. The molecule has 1 aliphatic heterocycles. The maximum absolute atomic E-state index is 13.2. The molecule has 1 atom stereocenters. The smallest absolute Gasteiger partial charge is 0.307 e. The molecular formula is C22H30N2O4S. The average Bonchev–Trinajstić information content (AvgIpc) is 2.78. The van der Waals surface area contributed by atoms with Crippen LogP contribution in [0.2, 0.25) is 0 Å². The Hall–Kier alpha value is -2.38. The van der Waals surface area contributed by atoms with E-state index >= 15 is 0 Å². The van der Waals surface area contributed by atoms with Crippen molar-refractivity contribution in [3.8, 4) is 0 Å². The van der Waals surface area contributed by atoms with Gasteiger partial charge in [0.2, 0.25) is 0 Å². The molecule has 1 N–H and O–H groups in total. The molecule has 0 saturated carbocycles. The normalized spacial score (nSPS) is 16.6. The summed E-state index contributed by atoms with van der Waals surface area (Å²) in [4.78, 5) is 12.0. The summed E-state index contributed by atoms with van der Waals surface area (Å²) < 4.78 is 32.7. The molecule has 7 heteroatoms. The minimum Gasteiger partial charge on any atom is -0.466 e. The van der Waals surface area contributed by atoms with Crippen molar-refractivity contribution in [3.05, 3.63) is 59.2 Å². The Balaban J connectivity index is 0.00000145. The van der Waals surface area contributed by atoms with Gasteiger partial charge in [0, 0.05) is 13.6 Å². The van der Waals surface area contributed by atoms with E-state index in [0.29, 0.717) is 24.4 Å². The minimum absolute atomic E-state index is 0.219. The Kier molecular flexibility index (Phi) is 7.81. The van der Waals surface area contributed by atoms with Crippen LogP contribution < -0.4 is 9.62 Å². The SMILES string of the molecule is CC.CCOC(=O)CCNC1c2ccccc2N(C)S(=O)(=O)c2cc(C)ccc21. The topological polar surface area (TPSA) is 75.7 Å². The molecule has 0 fully saturated rings. The van der Waals surface area contributed by atoms with Gasteiger partial charge in [0.25, 0.3) is 10.0 Å². The lowest BCUT2D eigenvalue weighted by atomic mass is 9.96. The second-order valence-electron chi connectivity index (χ2n) is 6.51. The molecule has 2 aromatic rings. The predicted molar refractivity (Wildman–Crippen MR) is 116 cm³/mol. The Labute approximate surface area is 173 Å². The van der Waals surface area contributed by atoms with E-state index in [2.05, 4.69) is 5.32 Å². The molecule has 0 aliphatic carbocycles. The third-order valence-corrected chi connectivity index (χ3v) is 6.52. The van der Waals surface area contributed by atoms with E-state index in [1.165, 1.54) is 4.31 Å². The van der Waals surface area contributed by atoms with Gasteiger partial charge in [-0.15, -0.1) is 0 Å². The molecule has 0 radical (unpaired) electrons. The summed E-state index contributed by atoms with van der Waals surface area (Å²) in [5, 5.41) is 3.35. The highest BCUT2D eigenvalue weighted by Gasteiger charge is 2.34. The highest BCUT2D eigenvalue weighted by atomic mass is 32.2. The first-order valence-electron chi connectivity index (χ1n) is 9.93. The number of hydrogen-bond acceptors (Lipinski definition) is 5. The number of benzene rings is 2. The number of fused-ring (bicyclic) bond motifs is 2. The molecule has 158 valence electrons. The molecule has 0 aromatic heterocycles. The number of nitrogens with zero attached hydrogens (tertiary/aromatic N) is 1. The summed E-state index contributed by atoms with van der Waals surface area (Å²) in [6, 6.07) is 12.5. The highest BCUT2D eigenvalue weighted by Crippen LogP contribution is 2.40. The van der Waals surface area contributed by atoms with Crippen molar-refractivity contribution in [3.63, 3.8) is 0 Å². The molecule has 6 nitrogen and oxygen atoms in total. The van der Waals surface area contributed by atoms with Crippen molar-refractivity contribution in [2.75, 3.05) is 24.5 Å². The van der Waals surface area contributed by atoms with Gasteiger partial charge in [0.1, 0.15) is 0 Å². The lowest BCUT2D eigenvalue weighted by molar-refractivity contribution is -0.143. The van der Waals surface area contributed by atoms with Gasteiger partial charge >= 0.3 is 5.97 Å². The van der Waals surface area contributed by atoms with Crippen molar-refractivity contribution in [1.82, 2.24) is 5.32 Å². The molecule has 1 unspecified atom stereocenters. The van der Waals surface area contributed by atoms with Crippen LogP contribution in [0.5, 0.6) is 0 Å². The second-order valence-corrected chi connectivity index (χ2v) is 8.45. The van der Waals surface area contributed by atoms with Gasteiger partial charge in [0.05, 0.1) is 29.7 Å². The zero-order valence-electron chi connectivity index (χ0n) is 17.7. The number of rotatable bonds is 5. The lowest BCUT2D eigenvalue weighted by Crippen LogP contribution is -2.26. The van der Waals surface area contributed by atoms with Gasteiger partial charge in [-0.05, 0) is 42.7 Å². The standard InChI is InChI=1S/C20H24N2O4S.C2H6/c1-4-26-19(23)11-12-21-20-15-7-5-6-8-17(15)22(3)27(24,25)18-13-14(2)9-10-16(18)20;1-2/h5-10,13,20-21H,4,11-12H2,1-3H3;1-2H3. The number of esters is 1. The third kappa shape index (κ3) is 4.79. The van der Waals surface area contributed by atoms with Gasteiger partial charge < -0.3 is 10.1 Å². The molecule has 1 heterocycles. The van der Waals surface area contributed by atoms with Crippen LogP contribution >= 0.6 is 0 Å². The molecular weight excluding hydrogens is 388 g/mol. The number of carbonyl (C=O) groups excluding carboxylic acids is 1. The van der Waals surface area contributed by atoms with Crippen LogP contribution in [0.3, 0.4) is 0 Å². The fourth-order valence-corrected chi connectivity index (χ4v) is 4.88. The number of sulfonamides is 1. The van der Waals surface area contributed by atoms with Crippen LogP contribution in [0.15, 0.2) is 47.4 Å². The van der Waals surface area contributed by atoms with E-state index in [9.17, 15) is 13.2 Å². The van der Waals surface area contributed by atoms with Crippen molar-refractivity contribution in [2.45, 2.75) is 45.1 Å². The minimum atomic E-state index is -3.67. The molecule has 0 saturated heterocycles. The maximum atomic E-state index is 13.2. The van der Waals surface area contributed by atoms with E-state index in [-0.39, 0.29) is 23.3 Å². The zero-order valence-corrected chi connectivity index (χ0v) is 18.5. The summed E-state index contributed by atoms with van der Waals surface area (Å²) in [5.74, 6) is -0.277. The van der Waals surface area contributed by atoms with E-state index in [0.717, 1.165) is 11.1 Å². The first-order valence-corrected chi connectivity index (χ1v) is 11.4. The van der Waals surface area contributed by atoms with Gasteiger partial charge in [-0.2, -0.15) is 0 Å². The number of anilines is 1. The van der Waals surface area contributed by atoms with E-state index in [1.54, 1.807) is 26.1 Å². The van der Waals surface area contributed by atoms with Crippen LogP contribution in [0.25, 0.3) is 0 Å². The quantitative estimate of drug-likeness (QED) is 0.748. The van der Waals surface area contributed by atoms with Gasteiger partial charge in [-0.1, -0.05) is 44.2 Å². The Morgan fingerprint density at radius 1 is 1.14 bits per heavy atom. The largest absolute Gasteiger partial charge is 0.466 e. The first kappa shape index (κ1) is 22.9. The maximum Gasteiger partial charge on any atom is 0.307 e. The van der Waals surface area contributed by atoms with Gasteiger partial charge in [-0.25, -0.2) is 8.42 Å². The number of para-hydroxylation sites is 1. The highest BCUT2D eigenvalue weighted by molar-refractivity contribution is 7.92. The Morgan fingerprint density at radius 2 is 1.83 bits per heavy atom. The predicted octanol–water partition coefficient (Wildman–Crippen LogP) is 3.79. The van der Waals surface area contributed by atoms with Gasteiger partial charge in [0.15, 0.2) is 0 Å². The zero-order chi connectivity index (χ0) is 21.6. The summed E-state index contributed by atoms with van der Waals surface area (Å²) in [6.07, 6.45) is 0.219. The Morgan fingerprint density at radius 3 is 2.52 bits per heavy atom. The van der Waals surface area contributed by atoms with E-state index in [4.69, 9.17) is 4.74 Å². The Bertz CT molecular complexity index is 957. The number of carbonyl (C=O) groups is 1. The molecule has 3 rings (SSSR count). The molecule has 29 heavy (non-hydrogen) atoms. The summed E-state index contributed by atoms with van der Waals surface area (Å²) >= 11 is 0. The molecule has 0 spiro atoms. The summed E-state index contributed by atoms with van der Waals surface area (Å²) in [7, 11) is -2.10. The molecule has 0 amide bonds. The summed E-state index contributed by atoms with van der Waals surface area (Å²) in [5.41, 5.74) is 3.04. The van der Waals surface area contributed by atoms with Crippen molar-refractivity contribution in [2.24, 2.45) is 0 Å². The average molecular weight is 419 g/mol. The van der Waals surface area contributed by atoms with Crippen LogP contribution in [-0.4, -0.2) is 34.6 Å². The van der Waals surface area contributed by atoms with Crippen LogP contribution in [0.4, 0.5) is 5.69 Å².